The minimum absolute atomic E-state index is 0.254. The highest BCUT2D eigenvalue weighted by atomic mass is 35.5. The van der Waals surface area contributed by atoms with E-state index in [4.69, 9.17) is 27.9 Å². The Labute approximate surface area is 180 Å². The lowest BCUT2D eigenvalue weighted by Gasteiger charge is -2.18. The van der Waals surface area contributed by atoms with E-state index in [0.717, 1.165) is 6.42 Å². The Morgan fingerprint density at radius 2 is 2.00 bits per heavy atom. The van der Waals surface area contributed by atoms with E-state index < -0.39 is 0 Å². The Kier molecular flexibility index (Phi) is 6.57. The van der Waals surface area contributed by atoms with E-state index in [0.29, 0.717) is 44.1 Å². The summed E-state index contributed by atoms with van der Waals surface area (Å²) < 4.78 is 5.35. The maximum atomic E-state index is 13.3. The zero-order valence-electron chi connectivity index (χ0n) is 16.2. The maximum Gasteiger partial charge on any atom is 0.282 e. The molecule has 2 aromatic rings. The van der Waals surface area contributed by atoms with Crippen molar-refractivity contribution in [2.24, 2.45) is 4.99 Å². The number of carbonyl (C=O) groups excluding carboxylic acids is 1. The summed E-state index contributed by atoms with van der Waals surface area (Å²) in [7, 11) is 1.59. The predicted octanol–water partition coefficient (Wildman–Crippen LogP) is 6.51. The second-order valence-corrected chi connectivity index (χ2v) is 7.03. The molecule has 1 aliphatic rings. The summed E-state index contributed by atoms with van der Waals surface area (Å²) in [5, 5.41) is 0.807. The van der Waals surface area contributed by atoms with Gasteiger partial charge in [-0.15, -0.1) is 0 Å². The third-order valence-electron chi connectivity index (χ3n) is 4.36. The third-order valence-corrected chi connectivity index (χ3v) is 5.10. The van der Waals surface area contributed by atoms with Crippen LogP contribution in [0.4, 0.5) is 11.4 Å². The predicted molar refractivity (Wildman–Crippen MR) is 121 cm³/mol. The summed E-state index contributed by atoms with van der Waals surface area (Å²) in [6.07, 6.45) is 8.28. The lowest BCUT2D eigenvalue weighted by Crippen LogP contribution is -2.28. The quantitative estimate of drug-likeness (QED) is 0.494. The summed E-state index contributed by atoms with van der Waals surface area (Å²) in [5.74, 6) is 0.389. The van der Waals surface area contributed by atoms with Crippen LogP contribution >= 0.6 is 23.2 Å². The Morgan fingerprint density at radius 1 is 1.21 bits per heavy atom. The fourth-order valence-electron chi connectivity index (χ4n) is 2.94. The molecule has 0 atom stereocenters. The van der Waals surface area contributed by atoms with Crippen molar-refractivity contribution in [3.63, 3.8) is 0 Å². The number of rotatable bonds is 6. The van der Waals surface area contributed by atoms with Gasteiger partial charge in [-0.3, -0.25) is 9.69 Å². The zero-order chi connectivity index (χ0) is 21.0. The first-order valence-electron chi connectivity index (χ1n) is 9.06. The zero-order valence-corrected chi connectivity index (χ0v) is 17.7. The molecule has 0 fully saturated rings. The minimum atomic E-state index is -0.254. The second-order valence-electron chi connectivity index (χ2n) is 6.21. The number of amides is 1. The van der Waals surface area contributed by atoms with Gasteiger partial charge >= 0.3 is 0 Å². The van der Waals surface area contributed by atoms with Gasteiger partial charge in [-0.05, 0) is 48.9 Å². The number of hydrogen-bond acceptors (Lipinski definition) is 3. The lowest BCUT2D eigenvalue weighted by molar-refractivity contribution is -0.111. The number of hydrogen-bond donors (Lipinski definition) is 0. The number of methoxy groups -OCH3 is 1. The summed E-state index contributed by atoms with van der Waals surface area (Å²) in [4.78, 5) is 19.5. The van der Waals surface area contributed by atoms with Crippen molar-refractivity contribution in [3.05, 3.63) is 88.6 Å². The van der Waals surface area contributed by atoms with Crippen molar-refractivity contribution >= 4 is 46.2 Å². The smallest absolute Gasteiger partial charge is 0.282 e. The molecule has 1 aliphatic heterocycles. The molecule has 0 saturated carbocycles. The van der Waals surface area contributed by atoms with Crippen molar-refractivity contribution in [1.82, 2.24) is 0 Å². The molecule has 0 saturated heterocycles. The number of ether oxygens (including phenoxy) is 1. The topological polar surface area (TPSA) is 41.9 Å². The highest BCUT2D eigenvalue weighted by Gasteiger charge is 2.35. The van der Waals surface area contributed by atoms with Crippen molar-refractivity contribution in [2.75, 3.05) is 12.0 Å². The van der Waals surface area contributed by atoms with Gasteiger partial charge in [0, 0.05) is 17.3 Å². The molecule has 0 aromatic heterocycles. The van der Waals surface area contributed by atoms with E-state index in [-0.39, 0.29) is 5.91 Å². The number of halogens is 2. The molecule has 1 amide bonds. The molecule has 0 unspecified atom stereocenters. The molecule has 29 heavy (non-hydrogen) atoms. The molecule has 1 heterocycles. The maximum absolute atomic E-state index is 13.3. The average Bonchev–Trinajstić information content (AvgIpc) is 2.99. The Balaban J connectivity index is 2.16. The van der Waals surface area contributed by atoms with Gasteiger partial charge in [0.05, 0.1) is 28.5 Å². The lowest BCUT2D eigenvalue weighted by atomic mass is 10.1. The van der Waals surface area contributed by atoms with Crippen LogP contribution in [0, 0.1) is 0 Å². The molecule has 0 aliphatic carbocycles. The number of benzene rings is 2. The van der Waals surface area contributed by atoms with Crippen LogP contribution in [0.25, 0.3) is 0 Å². The highest BCUT2D eigenvalue weighted by Crippen LogP contribution is 2.37. The molecular weight excluding hydrogens is 407 g/mol. The van der Waals surface area contributed by atoms with Crippen molar-refractivity contribution in [2.45, 2.75) is 13.3 Å². The SMILES string of the molecule is C=C/C(=C\C=C/CC)N1C(=O)C(=Nc2ccc(Cl)c(Cl)c2)c2ccc(OC)cc21. The van der Waals surface area contributed by atoms with E-state index >= 15 is 0 Å². The monoisotopic (exact) mass is 426 g/mol. The van der Waals surface area contributed by atoms with Gasteiger partial charge in [-0.2, -0.15) is 0 Å². The third kappa shape index (κ3) is 4.29. The van der Waals surface area contributed by atoms with Crippen molar-refractivity contribution in [1.29, 1.82) is 0 Å². The Hall–Kier alpha value is -2.82. The number of anilines is 1. The first-order chi connectivity index (χ1) is 14.0. The van der Waals surface area contributed by atoms with Crippen LogP contribution in [-0.4, -0.2) is 18.7 Å². The molecule has 0 bridgehead atoms. The molecule has 6 heteroatoms. The van der Waals surface area contributed by atoms with E-state index in [1.807, 2.05) is 37.3 Å². The van der Waals surface area contributed by atoms with E-state index in [1.54, 1.807) is 42.4 Å². The largest absolute Gasteiger partial charge is 0.497 e. The first-order valence-corrected chi connectivity index (χ1v) is 9.81. The van der Waals surface area contributed by atoms with Gasteiger partial charge < -0.3 is 4.74 Å². The standard InChI is InChI=1S/C23H20Cl2N2O2/c1-4-6-7-8-16(5-2)27-21-14-17(29-3)10-11-18(21)22(23(27)28)26-15-9-12-19(24)20(25)13-15/h5-14H,2,4H2,1,3H3/b7-6-,16-8+,26-22?. The van der Waals surface area contributed by atoms with Crippen LogP contribution < -0.4 is 9.64 Å². The number of nitrogens with zero attached hydrogens (tertiary/aromatic N) is 2. The van der Waals surface area contributed by atoms with Crippen LogP contribution in [-0.2, 0) is 4.79 Å². The van der Waals surface area contributed by atoms with E-state index in [9.17, 15) is 4.79 Å². The molecule has 0 spiro atoms. The number of fused-ring (bicyclic) bond motifs is 1. The number of aliphatic imine (C=N–C) groups is 1. The van der Waals surface area contributed by atoms with Crippen LogP contribution in [0.2, 0.25) is 10.0 Å². The summed E-state index contributed by atoms with van der Waals surface area (Å²) >= 11 is 12.1. The fourth-order valence-corrected chi connectivity index (χ4v) is 3.23. The van der Waals surface area contributed by atoms with Crippen LogP contribution in [0.15, 0.2) is 78.0 Å². The number of allylic oxidation sites excluding steroid dienone is 4. The molecule has 2 aromatic carbocycles. The van der Waals surface area contributed by atoms with Gasteiger partial charge in [-0.1, -0.05) is 48.9 Å². The minimum Gasteiger partial charge on any atom is -0.497 e. The van der Waals surface area contributed by atoms with Crippen LogP contribution in [0.3, 0.4) is 0 Å². The van der Waals surface area contributed by atoms with E-state index in [1.165, 1.54) is 0 Å². The van der Waals surface area contributed by atoms with Crippen LogP contribution in [0.5, 0.6) is 5.75 Å². The molecule has 3 rings (SSSR count). The molecular formula is C23H20Cl2N2O2. The summed E-state index contributed by atoms with van der Waals surface area (Å²) in [6.45, 7) is 5.91. The van der Waals surface area contributed by atoms with E-state index in [2.05, 4.69) is 11.6 Å². The van der Waals surface area contributed by atoms with Gasteiger partial charge in [0.15, 0.2) is 0 Å². The molecule has 4 nitrogen and oxygen atoms in total. The second kappa shape index (κ2) is 9.12. The molecule has 0 radical (unpaired) electrons. The Morgan fingerprint density at radius 3 is 2.66 bits per heavy atom. The normalized spacial score (nSPS) is 15.3. The summed E-state index contributed by atoms with van der Waals surface area (Å²) in [5.41, 5.74) is 2.89. The number of carbonyl (C=O) groups is 1. The van der Waals surface area contributed by atoms with Gasteiger partial charge in [0.25, 0.3) is 5.91 Å². The van der Waals surface area contributed by atoms with Gasteiger partial charge in [0.2, 0.25) is 0 Å². The van der Waals surface area contributed by atoms with Gasteiger partial charge in [-0.25, -0.2) is 4.99 Å². The van der Waals surface area contributed by atoms with Crippen LogP contribution in [0.1, 0.15) is 18.9 Å². The Bertz CT molecular complexity index is 1050. The average molecular weight is 427 g/mol. The summed E-state index contributed by atoms with van der Waals surface area (Å²) in [6, 6.07) is 10.4. The molecule has 0 N–H and O–H groups in total. The first kappa shape index (κ1) is 20.9. The van der Waals surface area contributed by atoms with Crippen molar-refractivity contribution in [3.8, 4) is 5.75 Å². The molecule has 148 valence electrons. The fraction of sp³-hybridized carbons (Fsp3) is 0.130. The van der Waals surface area contributed by atoms with Gasteiger partial charge in [0.1, 0.15) is 11.5 Å². The van der Waals surface area contributed by atoms with Crippen molar-refractivity contribution < 1.29 is 9.53 Å². The highest BCUT2D eigenvalue weighted by molar-refractivity contribution is 6.55.